The first kappa shape index (κ1) is 66.4. The Kier molecular flexibility index (Phi) is 23.1. The van der Waals surface area contributed by atoms with Crippen LogP contribution < -0.4 is 50.1 Å². The first-order chi connectivity index (χ1) is 36.2. The van der Waals surface area contributed by atoms with Crippen molar-refractivity contribution in [3.8, 4) is 22.5 Å². The molecule has 1 aliphatic carbocycles. The van der Waals surface area contributed by atoms with Crippen molar-refractivity contribution in [2.24, 2.45) is 5.41 Å². The van der Waals surface area contributed by atoms with E-state index in [2.05, 4.69) is 15.2 Å². The van der Waals surface area contributed by atoms with E-state index in [1.54, 1.807) is 57.2 Å². The minimum atomic E-state index is -4.79. The van der Waals surface area contributed by atoms with Gasteiger partial charge in [0.15, 0.2) is 0 Å². The zero-order valence-electron chi connectivity index (χ0n) is 47.8. The summed E-state index contributed by atoms with van der Waals surface area (Å²) in [7, 11) is -11.5. The molecule has 0 bridgehead atoms. The fourth-order valence-electron chi connectivity index (χ4n) is 9.24. The molecule has 4 aromatic carbocycles. The first-order valence-electron chi connectivity index (χ1n) is 26.1. The van der Waals surface area contributed by atoms with E-state index in [-0.39, 0.29) is 112 Å². The molecule has 0 atom stereocenters. The van der Waals surface area contributed by atoms with Crippen LogP contribution >= 0.6 is 0 Å². The van der Waals surface area contributed by atoms with E-state index in [0.717, 1.165) is 22.5 Å². The van der Waals surface area contributed by atoms with E-state index in [4.69, 9.17) is 13.9 Å². The average molecular weight is 1150 g/mol. The molecule has 0 saturated carbocycles. The number of hydrogen-bond acceptors (Lipinski definition) is 15. The van der Waals surface area contributed by atoms with Gasteiger partial charge in [-0.05, 0) is 109 Å². The SMILES string of the molecule is CCN(CCOC(=O)NCCOC(=O)C(C)(C)CC)S(=O)(=O)c1ccccc1-c1c2ccc(=[N+](CC)c3c(C(C)C)cc(S(=O)(=O)[O-])cc3C(C)C)cc-2oc2cc(Nc3c(C(C)C)cc([S-](=O)=O)cc3C(C)C)ccc12.[Na+].[OH-]. The van der Waals surface area contributed by atoms with Crippen molar-refractivity contribution in [2.75, 3.05) is 44.7 Å². The normalized spacial score (nSPS) is 12.6. The van der Waals surface area contributed by atoms with E-state index >= 15 is 0 Å². The maximum atomic E-state index is 15.0. The van der Waals surface area contributed by atoms with Crippen LogP contribution in [0.4, 0.5) is 21.9 Å². The predicted molar refractivity (Wildman–Crippen MR) is 302 cm³/mol. The Morgan fingerprint density at radius 2 is 1.35 bits per heavy atom. The maximum absolute atomic E-state index is 15.0. The van der Waals surface area contributed by atoms with Crippen LogP contribution in [-0.2, 0) is 53.5 Å². The molecule has 1 amide bonds. The van der Waals surface area contributed by atoms with E-state index in [0.29, 0.717) is 68.6 Å². The van der Waals surface area contributed by atoms with Crippen molar-refractivity contribution < 1.29 is 88.3 Å². The summed E-state index contributed by atoms with van der Waals surface area (Å²) < 4.78 is 113. The molecule has 6 rings (SSSR count). The summed E-state index contributed by atoms with van der Waals surface area (Å²) in [6.07, 6.45) is -0.210. The van der Waals surface area contributed by atoms with Crippen molar-refractivity contribution in [1.29, 1.82) is 0 Å². The molecule has 0 unspecified atom stereocenters. The van der Waals surface area contributed by atoms with Crippen LogP contribution in [0.1, 0.15) is 142 Å². The Hall–Kier alpha value is -5.16. The standard InChI is InChI=1S/C58H73N4O12S3.Na.H2O/c1-14-58(12,13)56(63)72-27-25-59-57(64)73-28-26-61(15-2)76(67,68)52-20-18-17-19-45(52)53-43-23-21-39(60-54-46(35(4)5)31-41(75(65)66)32-47(54)36(6)7)29-50(43)74-51-30-40(22-24-44(51)53)62(16-3)55-48(37(8)9)33-42(77(69,70)71)34-49(55)38(10)11;;/h17-24,29-38H,14-16,25-28H2,1-13H3,(H2,59,64,69,70,71);;1H2/q-1;+1;/p-1. The van der Waals surface area contributed by atoms with Crippen molar-refractivity contribution in [3.63, 3.8) is 0 Å². The number of esters is 1. The summed E-state index contributed by atoms with van der Waals surface area (Å²) >= 11 is 0. The van der Waals surface area contributed by atoms with Gasteiger partial charge in [0.05, 0.1) is 27.8 Å². The van der Waals surface area contributed by atoms with Crippen LogP contribution in [0.25, 0.3) is 33.4 Å². The van der Waals surface area contributed by atoms with E-state index < -0.39 is 42.4 Å². The van der Waals surface area contributed by atoms with Crippen LogP contribution in [0.2, 0.25) is 0 Å². The van der Waals surface area contributed by atoms with Gasteiger partial charge in [-0.1, -0.05) is 104 Å². The molecule has 0 aromatic heterocycles. The quantitative estimate of drug-likeness (QED) is 0.0123. The smallest absolute Gasteiger partial charge is 0.870 e. The largest absolute Gasteiger partial charge is 1.00 e. The summed E-state index contributed by atoms with van der Waals surface area (Å²) in [6, 6.07) is 24.2. The van der Waals surface area contributed by atoms with Crippen LogP contribution in [-0.4, -0.2) is 82.6 Å². The minimum absolute atomic E-state index is 0. The molecule has 3 N–H and O–H groups in total. The molecule has 0 saturated heterocycles. The van der Waals surface area contributed by atoms with E-state index in [1.807, 2.05) is 106 Å². The van der Waals surface area contributed by atoms with Gasteiger partial charge in [-0.3, -0.25) is 4.79 Å². The molecule has 17 nitrogen and oxygen atoms in total. The number of anilines is 2. The summed E-state index contributed by atoms with van der Waals surface area (Å²) in [4.78, 5) is 24.9. The topological polar surface area (TPSA) is 252 Å². The van der Waals surface area contributed by atoms with Gasteiger partial charge < -0.3 is 43.0 Å². The Labute approximate surface area is 489 Å². The number of fused-ring (bicyclic) bond motifs is 2. The number of carbonyl (C=O) groups excluding carboxylic acids is 2. The molecule has 0 radical (unpaired) electrons. The molecule has 0 spiro atoms. The molecule has 0 fully saturated rings. The average Bonchev–Trinajstić information content (AvgIpc) is 3.39. The zero-order valence-corrected chi connectivity index (χ0v) is 52.3. The van der Waals surface area contributed by atoms with Gasteiger partial charge in [-0.25, -0.2) is 21.6 Å². The second-order valence-corrected chi connectivity index (χ2v) is 25.1. The Balaban J connectivity index is 0.00000672. The van der Waals surface area contributed by atoms with E-state index in [9.17, 15) is 39.4 Å². The number of rotatable bonds is 22. The van der Waals surface area contributed by atoms with Gasteiger partial charge in [0.25, 0.3) is 0 Å². The third-order valence-corrected chi connectivity index (χ3v) is 17.4. The molecule has 424 valence electrons. The van der Waals surface area contributed by atoms with Gasteiger partial charge in [0.2, 0.25) is 21.1 Å². The molecule has 2 aliphatic rings. The number of sulfonamides is 1. The van der Waals surface area contributed by atoms with Crippen molar-refractivity contribution in [2.45, 2.75) is 135 Å². The second kappa shape index (κ2) is 27.5. The van der Waals surface area contributed by atoms with Crippen molar-refractivity contribution >= 4 is 70.9 Å². The van der Waals surface area contributed by atoms with Crippen molar-refractivity contribution in [1.82, 2.24) is 14.2 Å². The maximum Gasteiger partial charge on any atom is 1.00 e. The van der Waals surface area contributed by atoms with Gasteiger partial charge in [-0.2, -0.15) is 8.88 Å². The Morgan fingerprint density at radius 3 is 1.89 bits per heavy atom. The zero-order chi connectivity index (χ0) is 56.9. The number of benzene rings is 5. The summed E-state index contributed by atoms with van der Waals surface area (Å²) in [6.45, 7) is 24.8. The monoisotopic (exact) mass is 1150 g/mol. The van der Waals surface area contributed by atoms with Crippen LogP contribution in [0.3, 0.4) is 0 Å². The Bertz CT molecular complexity index is 3470. The molecule has 4 aromatic rings. The summed E-state index contributed by atoms with van der Waals surface area (Å²) in [5.41, 5.74) is 6.35. The van der Waals surface area contributed by atoms with Gasteiger partial charge in [-0.15, -0.1) is 0 Å². The second-order valence-electron chi connectivity index (χ2n) is 20.9. The molecular weight excluding hydrogens is 1080 g/mol. The van der Waals surface area contributed by atoms with Gasteiger partial charge >= 0.3 is 41.6 Å². The fourth-order valence-corrected chi connectivity index (χ4v) is 11.9. The third-order valence-electron chi connectivity index (χ3n) is 13.9. The minimum Gasteiger partial charge on any atom is -0.870 e. The van der Waals surface area contributed by atoms with Gasteiger partial charge in [0.1, 0.15) is 41.2 Å². The Morgan fingerprint density at radius 1 is 0.759 bits per heavy atom. The fraction of sp³-hybridized carbons (Fsp3) is 0.431. The molecule has 79 heavy (non-hydrogen) atoms. The van der Waals surface area contributed by atoms with E-state index in [1.165, 1.54) is 16.4 Å². The van der Waals surface area contributed by atoms with Crippen LogP contribution in [0, 0.1) is 5.41 Å². The number of carbonyl (C=O) groups is 2. The number of ether oxygens (including phenoxy) is 2. The number of hydrogen-bond donors (Lipinski definition) is 2. The number of nitrogens with zero attached hydrogens (tertiary/aromatic N) is 2. The number of amides is 1. The van der Waals surface area contributed by atoms with Crippen LogP contribution in [0.5, 0.6) is 0 Å². The summed E-state index contributed by atoms with van der Waals surface area (Å²) in [5, 5.41) is 7.41. The molecular formula is C58H74N4NaO13S3-. The van der Waals surface area contributed by atoms with Crippen LogP contribution in [0.15, 0.2) is 104 Å². The predicted octanol–water partition coefficient (Wildman–Crippen LogP) is 8.68. The number of alkyl carbamates (subject to hydrolysis) is 1. The number of nitrogens with one attached hydrogen (secondary N) is 2. The molecule has 21 heteroatoms. The molecule has 1 aliphatic heterocycles. The number of likely N-dealkylation sites (N-methyl/N-ethyl adjacent to an activating group) is 1. The molecule has 1 heterocycles. The van der Waals surface area contributed by atoms with Gasteiger partial charge in [0, 0.05) is 69.8 Å². The summed E-state index contributed by atoms with van der Waals surface area (Å²) in [5.74, 6) is -0.460. The first-order valence-corrected chi connectivity index (χ1v) is 30.0. The third kappa shape index (κ3) is 15.1. The van der Waals surface area contributed by atoms with Crippen molar-refractivity contribution in [3.05, 3.63) is 113 Å².